The standard InChI is InChI=1S/C9H13NO3/c1-8(9(12)13-7-6-11)10-4-2-3-5-10/h2-5,8,11H,6-7H2,1H3. The maximum absolute atomic E-state index is 11.2. The summed E-state index contributed by atoms with van der Waals surface area (Å²) in [5, 5.41) is 8.44. The molecule has 0 saturated heterocycles. The zero-order valence-electron chi connectivity index (χ0n) is 7.51. The van der Waals surface area contributed by atoms with E-state index in [4.69, 9.17) is 9.84 Å². The van der Waals surface area contributed by atoms with Gasteiger partial charge in [0, 0.05) is 12.4 Å². The first-order valence-electron chi connectivity index (χ1n) is 4.15. The van der Waals surface area contributed by atoms with Crippen LogP contribution in [-0.2, 0) is 9.53 Å². The molecule has 0 fully saturated rings. The van der Waals surface area contributed by atoms with E-state index in [2.05, 4.69) is 0 Å². The molecule has 0 spiro atoms. The highest BCUT2D eigenvalue weighted by molar-refractivity contribution is 5.73. The van der Waals surface area contributed by atoms with Gasteiger partial charge in [-0.15, -0.1) is 0 Å². The Kier molecular flexibility index (Phi) is 3.52. The Morgan fingerprint density at radius 3 is 2.69 bits per heavy atom. The van der Waals surface area contributed by atoms with Gasteiger partial charge in [0.15, 0.2) is 0 Å². The maximum atomic E-state index is 11.2. The molecule has 0 aliphatic heterocycles. The topological polar surface area (TPSA) is 51.5 Å². The van der Waals surface area contributed by atoms with Crippen molar-refractivity contribution in [3.63, 3.8) is 0 Å². The van der Waals surface area contributed by atoms with Crippen molar-refractivity contribution in [1.82, 2.24) is 4.57 Å². The second kappa shape index (κ2) is 4.67. The molecular weight excluding hydrogens is 170 g/mol. The average Bonchev–Trinajstić information content (AvgIpc) is 2.65. The molecule has 0 aliphatic carbocycles. The molecular formula is C9H13NO3. The van der Waals surface area contributed by atoms with E-state index in [0.717, 1.165) is 0 Å². The quantitative estimate of drug-likeness (QED) is 0.695. The fourth-order valence-corrected chi connectivity index (χ4v) is 0.995. The van der Waals surface area contributed by atoms with Crippen LogP contribution >= 0.6 is 0 Å². The van der Waals surface area contributed by atoms with Gasteiger partial charge in [-0.1, -0.05) is 0 Å². The van der Waals surface area contributed by atoms with Crippen molar-refractivity contribution in [3.05, 3.63) is 24.5 Å². The number of ether oxygens (including phenoxy) is 1. The molecule has 1 N–H and O–H groups in total. The van der Waals surface area contributed by atoms with Crippen molar-refractivity contribution < 1.29 is 14.6 Å². The molecule has 4 nitrogen and oxygen atoms in total. The van der Waals surface area contributed by atoms with Gasteiger partial charge in [-0.3, -0.25) is 0 Å². The zero-order valence-corrected chi connectivity index (χ0v) is 7.51. The van der Waals surface area contributed by atoms with Crippen LogP contribution in [-0.4, -0.2) is 28.9 Å². The number of hydrogen-bond acceptors (Lipinski definition) is 3. The van der Waals surface area contributed by atoms with Gasteiger partial charge < -0.3 is 14.4 Å². The normalized spacial score (nSPS) is 12.5. The smallest absolute Gasteiger partial charge is 0.328 e. The monoisotopic (exact) mass is 183 g/mol. The number of hydrogen-bond donors (Lipinski definition) is 1. The van der Waals surface area contributed by atoms with Gasteiger partial charge in [0.1, 0.15) is 12.6 Å². The fourth-order valence-electron chi connectivity index (χ4n) is 0.995. The Labute approximate surface area is 76.7 Å². The molecule has 4 heteroatoms. The molecule has 1 heterocycles. The lowest BCUT2D eigenvalue weighted by molar-refractivity contribution is -0.148. The number of esters is 1. The lowest BCUT2D eigenvalue weighted by Crippen LogP contribution is -2.19. The van der Waals surface area contributed by atoms with Crippen molar-refractivity contribution in [3.8, 4) is 0 Å². The minimum absolute atomic E-state index is 0.0600. The molecule has 0 radical (unpaired) electrons. The van der Waals surface area contributed by atoms with E-state index in [-0.39, 0.29) is 25.2 Å². The van der Waals surface area contributed by atoms with E-state index in [0.29, 0.717) is 0 Å². The molecule has 1 aromatic heterocycles. The van der Waals surface area contributed by atoms with Crippen LogP contribution in [0.25, 0.3) is 0 Å². The van der Waals surface area contributed by atoms with Gasteiger partial charge in [-0.25, -0.2) is 4.79 Å². The van der Waals surface area contributed by atoms with E-state index in [1.165, 1.54) is 0 Å². The number of aliphatic hydroxyl groups is 1. The summed E-state index contributed by atoms with van der Waals surface area (Å²) >= 11 is 0. The van der Waals surface area contributed by atoms with Crippen molar-refractivity contribution in [2.24, 2.45) is 0 Å². The number of aliphatic hydroxyl groups excluding tert-OH is 1. The lowest BCUT2D eigenvalue weighted by Gasteiger charge is -2.11. The first kappa shape index (κ1) is 9.80. The third-order valence-electron chi connectivity index (χ3n) is 1.75. The molecule has 0 aromatic carbocycles. The number of carbonyl (C=O) groups is 1. The first-order valence-corrected chi connectivity index (χ1v) is 4.15. The molecule has 0 bridgehead atoms. The van der Waals surface area contributed by atoms with Crippen molar-refractivity contribution in [1.29, 1.82) is 0 Å². The molecule has 0 aliphatic rings. The summed E-state index contributed by atoms with van der Waals surface area (Å²) in [7, 11) is 0. The number of carbonyl (C=O) groups excluding carboxylic acids is 1. The van der Waals surface area contributed by atoms with Crippen LogP contribution in [0.3, 0.4) is 0 Å². The summed E-state index contributed by atoms with van der Waals surface area (Å²) < 4.78 is 6.52. The summed E-state index contributed by atoms with van der Waals surface area (Å²) in [6.45, 7) is 1.67. The fraction of sp³-hybridized carbons (Fsp3) is 0.444. The summed E-state index contributed by atoms with van der Waals surface area (Å²) in [5.74, 6) is -0.328. The van der Waals surface area contributed by atoms with E-state index in [9.17, 15) is 4.79 Å². The number of aromatic nitrogens is 1. The van der Waals surface area contributed by atoms with Crippen molar-refractivity contribution in [2.75, 3.05) is 13.2 Å². The second-order valence-corrected chi connectivity index (χ2v) is 2.70. The minimum atomic E-state index is -0.332. The predicted molar refractivity (Wildman–Crippen MR) is 47.2 cm³/mol. The van der Waals surface area contributed by atoms with Gasteiger partial charge in [-0.05, 0) is 19.1 Å². The third kappa shape index (κ3) is 2.59. The molecule has 0 saturated carbocycles. The summed E-state index contributed by atoms with van der Waals surface area (Å²) in [4.78, 5) is 11.2. The van der Waals surface area contributed by atoms with E-state index < -0.39 is 0 Å². The Hall–Kier alpha value is -1.29. The van der Waals surface area contributed by atoms with Crippen LogP contribution in [0.4, 0.5) is 0 Å². The zero-order chi connectivity index (χ0) is 9.68. The van der Waals surface area contributed by atoms with Crippen LogP contribution in [0.1, 0.15) is 13.0 Å². The van der Waals surface area contributed by atoms with E-state index in [1.54, 1.807) is 23.9 Å². The third-order valence-corrected chi connectivity index (χ3v) is 1.75. The van der Waals surface area contributed by atoms with Gasteiger partial charge in [0.05, 0.1) is 6.61 Å². The molecule has 1 aromatic rings. The molecule has 1 unspecified atom stereocenters. The SMILES string of the molecule is CC(C(=O)OCCO)n1cccc1. The Bertz CT molecular complexity index is 256. The second-order valence-electron chi connectivity index (χ2n) is 2.70. The van der Waals surface area contributed by atoms with Crippen LogP contribution in [0, 0.1) is 0 Å². The Morgan fingerprint density at radius 2 is 2.15 bits per heavy atom. The Balaban J connectivity index is 2.48. The Morgan fingerprint density at radius 1 is 1.54 bits per heavy atom. The van der Waals surface area contributed by atoms with Crippen LogP contribution < -0.4 is 0 Å². The highest BCUT2D eigenvalue weighted by Gasteiger charge is 2.14. The number of rotatable bonds is 4. The van der Waals surface area contributed by atoms with Gasteiger partial charge in [0.2, 0.25) is 0 Å². The highest BCUT2D eigenvalue weighted by Crippen LogP contribution is 2.07. The lowest BCUT2D eigenvalue weighted by atomic mass is 10.3. The molecule has 1 atom stereocenters. The van der Waals surface area contributed by atoms with Gasteiger partial charge in [0.25, 0.3) is 0 Å². The van der Waals surface area contributed by atoms with Gasteiger partial charge >= 0.3 is 5.97 Å². The van der Waals surface area contributed by atoms with E-state index >= 15 is 0 Å². The first-order chi connectivity index (χ1) is 6.25. The predicted octanol–water partition coefficient (Wildman–Crippen LogP) is 0.585. The van der Waals surface area contributed by atoms with Crippen LogP contribution in [0.5, 0.6) is 0 Å². The molecule has 1 rings (SSSR count). The van der Waals surface area contributed by atoms with Crippen LogP contribution in [0.15, 0.2) is 24.5 Å². The van der Waals surface area contributed by atoms with Crippen LogP contribution in [0.2, 0.25) is 0 Å². The van der Waals surface area contributed by atoms with E-state index in [1.807, 2.05) is 12.1 Å². The van der Waals surface area contributed by atoms with Gasteiger partial charge in [-0.2, -0.15) is 0 Å². The van der Waals surface area contributed by atoms with Crippen molar-refractivity contribution >= 4 is 5.97 Å². The maximum Gasteiger partial charge on any atom is 0.328 e. The molecule has 0 amide bonds. The average molecular weight is 183 g/mol. The molecule has 72 valence electrons. The minimum Gasteiger partial charge on any atom is -0.462 e. The summed E-state index contributed by atoms with van der Waals surface area (Å²) in [6.07, 6.45) is 3.59. The summed E-state index contributed by atoms with van der Waals surface area (Å²) in [6, 6.07) is 3.35. The highest BCUT2D eigenvalue weighted by atomic mass is 16.5. The summed E-state index contributed by atoms with van der Waals surface area (Å²) in [5.41, 5.74) is 0. The number of nitrogens with zero attached hydrogens (tertiary/aromatic N) is 1. The largest absolute Gasteiger partial charge is 0.462 e. The van der Waals surface area contributed by atoms with Crippen molar-refractivity contribution in [2.45, 2.75) is 13.0 Å². The molecule has 13 heavy (non-hydrogen) atoms.